The second kappa shape index (κ2) is 8.85. The van der Waals surface area contributed by atoms with Gasteiger partial charge in [0, 0.05) is 15.8 Å². The van der Waals surface area contributed by atoms with Crippen LogP contribution in [0.4, 0.5) is 5.13 Å². The van der Waals surface area contributed by atoms with Gasteiger partial charge in [0.15, 0.2) is 16.6 Å². The Morgan fingerprint density at radius 3 is 2.57 bits per heavy atom. The van der Waals surface area contributed by atoms with E-state index in [0.717, 1.165) is 10.6 Å². The Morgan fingerprint density at radius 2 is 1.89 bits per heavy atom. The third-order valence-corrected chi connectivity index (χ3v) is 5.58. The van der Waals surface area contributed by atoms with E-state index in [1.54, 1.807) is 29.5 Å². The summed E-state index contributed by atoms with van der Waals surface area (Å²) in [6.07, 6.45) is 0. The molecule has 0 unspecified atom stereocenters. The second-order valence-corrected chi connectivity index (χ2v) is 7.89. The van der Waals surface area contributed by atoms with Crippen LogP contribution in [0, 0.1) is 6.92 Å². The molecule has 0 aliphatic rings. The van der Waals surface area contributed by atoms with Crippen molar-refractivity contribution in [2.45, 2.75) is 6.92 Å². The first kappa shape index (κ1) is 19.8. The number of carbonyl (C=O) groups is 2. The molecule has 1 aromatic carbocycles. The van der Waals surface area contributed by atoms with E-state index in [2.05, 4.69) is 15.6 Å². The number of nitrogens with one attached hydrogen (secondary N) is 2. The number of amides is 2. The average Bonchev–Trinajstić information content (AvgIpc) is 3.34. The molecule has 0 aliphatic carbocycles. The van der Waals surface area contributed by atoms with Crippen LogP contribution in [0.3, 0.4) is 0 Å². The Labute approximate surface area is 170 Å². The molecule has 0 atom stereocenters. The molecule has 2 N–H and O–H groups in total. The minimum atomic E-state index is -0.384. The van der Waals surface area contributed by atoms with E-state index >= 15 is 0 Å². The van der Waals surface area contributed by atoms with E-state index in [9.17, 15) is 9.59 Å². The number of hydrogen-bond donors (Lipinski definition) is 2. The van der Waals surface area contributed by atoms with E-state index < -0.39 is 0 Å². The Bertz CT molecular complexity index is 997. The molecule has 7 nitrogen and oxygen atoms in total. The van der Waals surface area contributed by atoms with Gasteiger partial charge in [-0.25, -0.2) is 4.98 Å². The van der Waals surface area contributed by atoms with Crippen molar-refractivity contribution in [3.63, 3.8) is 0 Å². The maximum Gasteiger partial charge on any atom is 0.251 e. The predicted octanol–water partition coefficient (Wildman–Crippen LogP) is 3.57. The van der Waals surface area contributed by atoms with Crippen LogP contribution in [-0.4, -0.2) is 37.6 Å². The number of aryl methyl sites for hydroxylation is 1. The highest BCUT2D eigenvalue weighted by molar-refractivity contribution is 7.17. The molecule has 3 aromatic rings. The summed E-state index contributed by atoms with van der Waals surface area (Å²) < 4.78 is 10.3. The largest absolute Gasteiger partial charge is 0.493 e. The lowest BCUT2D eigenvalue weighted by Gasteiger charge is -2.10. The Balaban J connectivity index is 1.56. The van der Waals surface area contributed by atoms with E-state index in [4.69, 9.17) is 9.47 Å². The number of thiophene rings is 1. The third-order valence-electron chi connectivity index (χ3n) is 3.80. The standard InChI is InChI=1S/C19H19N3O4S2/c1-11-4-7-16(28-11)13-10-27-19(21-13)22-17(23)9-20-18(24)12-5-6-14(25-2)15(8-12)26-3/h4-8,10H,9H2,1-3H3,(H,20,24)(H,21,22,23). The zero-order valence-corrected chi connectivity index (χ0v) is 17.2. The first-order chi connectivity index (χ1) is 13.5. The summed E-state index contributed by atoms with van der Waals surface area (Å²) in [6, 6.07) is 8.83. The first-order valence-electron chi connectivity index (χ1n) is 8.32. The van der Waals surface area contributed by atoms with Crippen LogP contribution in [0.25, 0.3) is 10.6 Å². The number of aromatic nitrogens is 1. The number of benzene rings is 1. The molecule has 3 rings (SSSR count). The highest BCUT2D eigenvalue weighted by atomic mass is 32.1. The van der Waals surface area contributed by atoms with Gasteiger partial charge in [0.1, 0.15) is 0 Å². The second-order valence-electron chi connectivity index (χ2n) is 5.75. The number of nitrogens with zero attached hydrogens (tertiary/aromatic N) is 1. The summed E-state index contributed by atoms with van der Waals surface area (Å²) in [4.78, 5) is 31.0. The van der Waals surface area contributed by atoms with Crippen molar-refractivity contribution in [3.05, 3.63) is 46.2 Å². The molecule has 0 saturated heterocycles. The molecule has 0 radical (unpaired) electrons. The van der Waals surface area contributed by atoms with Crippen molar-refractivity contribution in [1.82, 2.24) is 10.3 Å². The molecule has 9 heteroatoms. The summed E-state index contributed by atoms with van der Waals surface area (Å²) in [6.45, 7) is 1.87. The topological polar surface area (TPSA) is 89.5 Å². The number of methoxy groups -OCH3 is 2. The maximum absolute atomic E-state index is 12.3. The fourth-order valence-electron chi connectivity index (χ4n) is 2.42. The molecule has 0 aliphatic heterocycles. The molecule has 0 bridgehead atoms. The quantitative estimate of drug-likeness (QED) is 0.613. The molecular weight excluding hydrogens is 398 g/mol. The number of anilines is 1. The van der Waals surface area contributed by atoms with Crippen LogP contribution < -0.4 is 20.1 Å². The maximum atomic E-state index is 12.3. The molecule has 2 heterocycles. The smallest absolute Gasteiger partial charge is 0.251 e. The van der Waals surface area contributed by atoms with Crippen molar-refractivity contribution < 1.29 is 19.1 Å². The fraction of sp³-hybridized carbons (Fsp3) is 0.211. The molecule has 2 amide bonds. The van der Waals surface area contributed by atoms with Gasteiger partial charge in [-0.1, -0.05) is 0 Å². The van der Waals surface area contributed by atoms with Crippen LogP contribution in [0.1, 0.15) is 15.2 Å². The third kappa shape index (κ3) is 4.68. The number of rotatable bonds is 7. The molecule has 2 aromatic heterocycles. The van der Waals surface area contributed by atoms with Gasteiger partial charge in [0.25, 0.3) is 5.91 Å². The lowest BCUT2D eigenvalue weighted by molar-refractivity contribution is -0.115. The summed E-state index contributed by atoms with van der Waals surface area (Å²) in [5.41, 5.74) is 1.20. The minimum absolute atomic E-state index is 0.166. The minimum Gasteiger partial charge on any atom is -0.493 e. The highest BCUT2D eigenvalue weighted by Gasteiger charge is 2.13. The van der Waals surface area contributed by atoms with Gasteiger partial charge in [0.2, 0.25) is 5.91 Å². The van der Waals surface area contributed by atoms with E-state index in [0.29, 0.717) is 22.2 Å². The van der Waals surface area contributed by atoms with E-state index in [-0.39, 0.29) is 18.4 Å². The van der Waals surface area contributed by atoms with Crippen LogP contribution in [0.15, 0.2) is 35.7 Å². The SMILES string of the molecule is COc1ccc(C(=O)NCC(=O)Nc2nc(-c3ccc(C)s3)cs2)cc1OC. The van der Waals surface area contributed by atoms with Crippen molar-refractivity contribution >= 4 is 39.6 Å². The van der Waals surface area contributed by atoms with Gasteiger partial charge < -0.3 is 20.1 Å². The van der Waals surface area contributed by atoms with Crippen LogP contribution in [0.2, 0.25) is 0 Å². The first-order valence-corrected chi connectivity index (χ1v) is 10.0. The normalized spacial score (nSPS) is 10.4. The lowest BCUT2D eigenvalue weighted by Crippen LogP contribution is -2.32. The van der Waals surface area contributed by atoms with Gasteiger partial charge in [-0.15, -0.1) is 22.7 Å². The van der Waals surface area contributed by atoms with Crippen LogP contribution in [-0.2, 0) is 4.79 Å². The molecule has 0 spiro atoms. The van der Waals surface area contributed by atoms with Crippen molar-refractivity contribution in [3.8, 4) is 22.1 Å². The Hall–Kier alpha value is -2.91. The van der Waals surface area contributed by atoms with Crippen LogP contribution >= 0.6 is 22.7 Å². The number of thiazole rings is 1. The summed E-state index contributed by atoms with van der Waals surface area (Å²) in [5.74, 6) is 0.234. The van der Waals surface area contributed by atoms with Gasteiger partial charge in [-0.3, -0.25) is 9.59 Å². The van der Waals surface area contributed by atoms with Crippen LogP contribution in [0.5, 0.6) is 11.5 Å². The number of hydrogen-bond acceptors (Lipinski definition) is 7. The molecular formula is C19H19N3O4S2. The van der Waals surface area contributed by atoms with Crippen molar-refractivity contribution in [2.24, 2.45) is 0 Å². The van der Waals surface area contributed by atoms with E-state index in [1.807, 2.05) is 24.4 Å². The molecule has 0 fully saturated rings. The summed E-state index contributed by atoms with van der Waals surface area (Å²) >= 11 is 2.99. The fourth-order valence-corrected chi connectivity index (χ4v) is 4.05. The predicted molar refractivity (Wildman–Crippen MR) is 111 cm³/mol. The molecule has 146 valence electrons. The van der Waals surface area contributed by atoms with Crippen molar-refractivity contribution in [2.75, 3.05) is 26.1 Å². The summed E-state index contributed by atoms with van der Waals surface area (Å²) in [5, 5.41) is 7.67. The molecule has 0 saturated carbocycles. The summed E-state index contributed by atoms with van der Waals surface area (Å²) in [7, 11) is 3.01. The Kier molecular flexibility index (Phi) is 6.27. The zero-order chi connectivity index (χ0) is 20.1. The van der Waals surface area contributed by atoms with E-state index in [1.165, 1.54) is 30.4 Å². The zero-order valence-electron chi connectivity index (χ0n) is 15.6. The number of ether oxygens (including phenoxy) is 2. The molecule has 28 heavy (non-hydrogen) atoms. The number of carbonyl (C=O) groups excluding carboxylic acids is 2. The van der Waals surface area contributed by atoms with Gasteiger partial charge in [-0.2, -0.15) is 0 Å². The average molecular weight is 418 g/mol. The lowest BCUT2D eigenvalue weighted by atomic mass is 10.2. The highest BCUT2D eigenvalue weighted by Crippen LogP contribution is 2.30. The van der Waals surface area contributed by atoms with Gasteiger partial charge in [0.05, 0.1) is 31.3 Å². The van der Waals surface area contributed by atoms with Gasteiger partial charge >= 0.3 is 0 Å². The van der Waals surface area contributed by atoms with Crippen molar-refractivity contribution in [1.29, 1.82) is 0 Å². The van der Waals surface area contributed by atoms with Gasteiger partial charge in [-0.05, 0) is 37.3 Å². The monoisotopic (exact) mass is 417 g/mol. The Morgan fingerprint density at radius 1 is 1.11 bits per heavy atom.